The third kappa shape index (κ3) is 4.86. The Bertz CT molecular complexity index is 720. The Morgan fingerprint density at radius 1 is 1.22 bits per heavy atom. The Labute approximate surface area is 138 Å². The summed E-state index contributed by atoms with van der Waals surface area (Å²) in [4.78, 5) is 27.5. The molecule has 0 saturated carbocycles. The van der Waals surface area contributed by atoms with Crippen molar-refractivity contribution in [2.45, 2.75) is 6.92 Å². The van der Waals surface area contributed by atoms with Crippen molar-refractivity contribution < 1.29 is 14.3 Å². The Hall–Kier alpha value is -2.80. The van der Waals surface area contributed by atoms with Gasteiger partial charge in [-0.3, -0.25) is 15.1 Å². The van der Waals surface area contributed by atoms with E-state index in [4.69, 9.17) is 17.0 Å². The minimum absolute atomic E-state index is 0.125. The van der Waals surface area contributed by atoms with Crippen LogP contribution < -0.4 is 10.6 Å². The molecule has 2 aromatic rings. The first kappa shape index (κ1) is 16.6. The van der Waals surface area contributed by atoms with Gasteiger partial charge in [-0.2, -0.15) is 0 Å². The van der Waals surface area contributed by atoms with Gasteiger partial charge in [-0.25, -0.2) is 4.79 Å². The normalized spacial score (nSPS) is 9.78. The van der Waals surface area contributed by atoms with Gasteiger partial charge in [0.2, 0.25) is 0 Å². The highest BCUT2D eigenvalue weighted by Gasteiger charge is 2.10. The largest absolute Gasteiger partial charge is 0.462 e. The predicted molar refractivity (Wildman–Crippen MR) is 90.3 cm³/mol. The number of rotatable bonds is 4. The summed E-state index contributed by atoms with van der Waals surface area (Å²) in [5.74, 6) is -0.779. The van der Waals surface area contributed by atoms with Crippen LogP contribution in [0, 0.1) is 0 Å². The average Bonchev–Trinajstić information content (AvgIpc) is 2.56. The third-order valence-electron chi connectivity index (χ3n) is 2.78. The molecule has 0 saturated heterocycles. The Kier molecular flexibility index (Phi) is 5.76. The van der Waals surface area contributed by atoms with Gasteiger partial charge >= 0.3 is 5.97 Å². The maximum absolute atomic E-state index is 12.0. The van der Waals surface area contributed by atoms with E-state index in [0.29, 0.717) is 23.4 Å². The van der Waals surface area contributed by atoms with Crippen molar-refractivity contribution in [1.29, 1.82) is 0 Å². The molecule has 0 spiro atoms. The lowest BCUT2D eigenvalue weighted by atomic mass is 10.2. The van der Waals surface area contributed by atoms with Gasteiger partial charge in [0.25, 0.3) is 5.91 Å². The van der Waals surface area contributed by atoms with E-state index in [0.717, 1.165) is 0 Å². The fourth-order valence-electron chi connectivity index (χ4n) is 1.77. The molecule has 2 rings (SSSR count). The zero-order valence-electron chi connectivity index (χ0n) is 12.4. The molecule has 1 heterocycles. The van der Waals surface area contributed by atoms with Crippen molar-refractivity contribution in [3.8, 4) is 0 Å². The summed E-state index contributed by atoms with van der Waals surface area (Å²) in [6.45, 7) is 2.04. The van der Waals surface area contributed by atoms with E-state index in [-0.39, 0.29) is 11.0 Å². The van der Waals surface area contributed by atoms with Crippen molar-refractivity contribution in [3.63, 3.8) is 0 Å². The first-order valence-corrected chi connectivity index (χ1v) is 7.30. The second-order valence-corrected chi connectivity index (χ2v) is 4.86. The highest BCUT2D eigenvalue weighted by Crippen LogP contribution is 2.11. The number of pyridine rings is 1. The number of carbonyl (C=O) groups is 2. The van der Waals surface area contributed by atoms with Gasteiger partial charge in [0.05, 0.1) is 17.7 Å². The average molecular weight is 329 g/mol. The number of benzene rings is 1. The van der Waals surface area contributed by atoms with Crippen molar-refractivity contribution >= 4 is 34.9 Å². The second-order valence-electron chi connectivity index (χ2n) is 4.45. The number of hydrogen-bond donors (Lipinski definition) is 2. The van der Waals surface area contributed by atoms with Crippen molar-refractivity contribution in [2.24, 2.45) is 0 Å². The summed E-state index contributed by atoms with van der Waals surface area (Å²) in [5, 5.41) is 5.52. The summed E-state index contributed by atoms with van der Waals surface area (Å²) < 4.78 is 4.93. The first-order valence-electron chi connectivity index (χ1n) is 6.89. The standard InChI is InChI=1S/C16H15N3O3S/c1-2-22-15(21)11-5-3-7-13(9-11)18-16(23)19-14(20)12-6-4-8-17-10-12/h3-10H,2H2,1H3,(H2,18,19,20,23). The second kappa shape index (κ2) is 8.00. The number of carbonyl (C=O) groups excluding carboxylic acids is 2. The zero-order chi connectivity index (χ0) is 16.7. The summed E-state index contributed by atoms with van der Waals surface area (Å²) in [6, 6.07) is 9.95. The number of nitrogens with one attached hydrogen (secondary N) is 2. The van der Waals surface area contributed by atoms with Crippen LogP contribution >= 0.6 is 12.2 Å². The maximum atomic E-state index is 12.0. The van der Waals surface area contributed by atoms with E-state index in [2.05, 4.69) is 15.6 Å². The lowest BCUT2D eigenvalue weighted by Crippen LogP contribution is -2.34. The predicted octanol–water partition coefficient (Wildman–Crippen LogP) is 2.39. The zero-order valence-corrected chi connectivity index (χ0v) is 13.2. The smallest absolute Gasteiger partial charge is 0.338 e. The lowest BCUT2D eigenvalue weighted by molar-refractivity contribution is 0.0526. The Morgan fingerprint density at radius 3 is 2.70 bits per heavy atom. The van der Waals surface area contributed by atoms with Crippen molar-refractivity contribution in [2.75, 3.05) is 11.9 Å². The fourth-order valence-corrected chi connectivity index (χ4v) is 1.98. The minimum atomic E-state index is -0.415. The number of aromatic nitrogens is 1. The third-order valence-corrected chi connectivity index (χ3v) is 2.99. The SMILES string of the molecule is CCOC(=O)c1cccc(NC(=S)NC(=O)c2cccnc2)c1. The summed E-state index contributed by atoms with van der Waals surface area (Å²) in [7, 11) is 0. The quantitative estimate of drug-likeness (QED) is 0.662. The van der Waals surface area contributed by atoms with Crippen molar-refractivity contribution in [1.82, 2.24) is 10.3 Å². The van der Waals surface area contributed by atoms with Gasteiger partial charge in [0, 0.05) is 18.1 Å². The van der Waals surface area contributed by atoms with E-state index in [1.54, 1.807) is 49.5 Å². The summed E-state index contributed by atoms with van der Waals surface area (Å²) in [5.41, 5.74) is 1.38. The number of hydrogen-bond acceptors (Lipinski definition) is 5. The minimum Gasteiger partial charge on any atom is -0.462 e. The molecule has 0 aliphatic heterocycles. The molecular weight excluding hydrogens is 314 g/mol. The molecule has 2 N–H and O–H groups in total. The monoisotopic (exact) mass is 329 g/mol. The molecule has 1 amide bonds. The van der Waals surface area contributed by atoms with Crippen LogP contribution in [0.5, 0.6) is 0 Å². The van der Waals surface area contributed by atoms with Crippen LogP contribution in [-0.4, -0.2) is 28.6 Å². The summed E-state index contributed by atoms with van der Waals surface area (Å²) in [6.07, 6.45) is 3.02. The van der Waals surface area contributed by atoms with Crippen LogP contribution in [0.3, 0.4) is 0 Å². The molecule has 0 aliphatic rings. The number of ether oxygens (including phenoxy) is 1. The van der Waals surface area contributed by atoms with E-state index < -0.39 is 5.97 Å². The molecule has 118 valence electrons. The number of anilines is 1. The first-order chi connectivity index (χ1) is 11.1. The van der Waals surface area contributed by atoms with E-state index >= 15 is 0 Å². The van der Waals surface area contributed by atoms with Gasteiger partial charge in [-0.1, -0.05) is 6.07 Å². The fraction of sp³-hybridized carbons (Fsp3) is 0.125. The molecule has 0 unspecified atom stereocenters. The molecule has 0 aliphatic carbocycles. The Morgan fingerprint density at radius 2 is 2.00 bits per heavy atom. The number of esters is 1. The van der Waals surface area contributed by atoms with Gasteiger partial charge < -0.3 is 10.1 Å². The summed E-state index contributed by atoms with van der Waals surface area (Å²) >= 11 is 5.09. The molecule has 0 radical (unpaired) electrons. The lowest BCUT2D eigenvalue weighted by Gasteiger charge is -2.10. The van der Waals surface area contributed by atoms with Crippen LogP contribution in [0.2, 0.25) is 0 Å². The highest BCUT2D eigenvalue weighted by atomic mass is 32.1. The van der Waals surface area contributed by atoms with Crippen LogP contribution in [0.4, 0.5) is 5.69 Å². The van der Waals surface area contributed by atoms with Gasteiger partial charge in [-0.15, -0.1) is 0 Å². The van der Waals surface area contributed by atoms with Gasteiger partial charge in [0.1, 0.15) is 0 Å². The van der Waals surface area contributed by atoms with Crippen LogP contribution in [0.1, 0.15) is 27.6 Å². The molecule has 7 heteroatoms. The molecule has 6 nitrogen and oxygen atoms in total. The van der Waals surface area contributed by atoms with Gasteiger partial charge in [-0.05, 0) is 49.5 Å². The molecule has 0 fully saturated rings. The molecule has 1 aromatic heterocycles. The van der Waals surface area contributed by atoms with Crippen molar-refractivity contribution in [3.05, 3.63) is 59.9 Å². The molecule has 23 heavy (non-hydrogen) atoms. The molecule has 0 atom stereocenters. The van der Waals surface area contributed by atoms with E-state index in [1.807, 2.05) is 0 Å². The number of amides is 1. The maximum Gasteiger partial charge on any atom is 0.338 e. The highest BCUT2D eigenvalue weighted by molar-refractivity contribution is 7.80. The van der Waals surface area contributed by atoms with Crippen LogP contribution in [0.15, 0.2) is 48.8 Å². The van der Waals surface area contributed by atoms with Crippen LogP contribution in [0.25, 0.3) is 0 Å². The molecular formula is C16H15N3O3S. The molecule has 0 bridgehead atoms. The van der Waals surface area contributed by atoms with E-state index in [1.165, 1.54) is 6.20 Å². The molecule has 1 aromatic carbocycles. The number of thiocarbonyl (C=S) groups is 1. The van der Waals surface area contributed by atoms with E-state index in [9.17, 15) is 9.59 Å². The van der Waals surface area contributed by atoms with Gasteiger partial charge in [0.15, 0.2) is 5.11 Å². The Balaban J connectivity index is 1.99. The van der Waals surface area contributed by atoms with Crippen LogP contribution in [-0.2, 0) is 4.74 Å². The topological polar surface area (TPSA) is 80.3 Å². The number of nitrogens with zero attached hydrogens (tertiary/aromatic N) is 1.